The van der Waals surface area contributed by atoms with Crippen LogP contribution in [0.4, 0.5) is 0 Å². The molecule has 0 saturated carbocycles. The number of methoxy groups -OCH3 is 1. The van der Waals surface area contributed by atoms with Gasteiger partial charge >= 0.3 is 0 Å². The zero-order chi connectivity index (χ0) is 15.2. The lowest BCUT2D eigenvalue weighted by atomic mass is 10.2. The minimum Gasteiger partial charge on any atom is -0.494 e. The van der Waals surface area contributed by atoms with Gasteiger partial charge in [0.05, 0.1) is 24.2 Å². The highest BCUT2D eigenvalue weighted by atomic mass is 32.2. The van der Waals surface area contributed by atoms with E-state index in [2.05, 4.69) is 4.72 Å². The van der Waals surface area contributed by atoms with E-state index >= 15 is 0 Å². The van der Waals surface area contributed by atoms with Gasteiger partial charge in [0.15, 0.2) is 0 Å². The van der Waals surface area contributed by atoms with Crippen LogP contribution in [0.15, 0.2) is 23.1 Å². The van der Waals surface area contributed by atoms with E-state index in [1.54, 1.807) is 13.0 Å². The molecule has 0 bridgehead atoms. The lowest BCUT2D eigenvalue weighted by molar-refractivity contribution is 0.122. The van der Waals surface area contributed by atoms with Crippen molar-refractivity contribution in [2.75, 3.05) is 20.3 Å². The van der Waals surface area contributed by atoms with Gasteiger partial charge in [0.2, 0.25) is 10.0 Å². The standard InChI is InChI=1S/C13H21NO5S/c1-4-19-13-6-5-12(7-11(13)9-15)20(16,17)14-8-10(2)18-3/h5-7,10,14-15H,4,8-9H2,1-3H3. The summed E-state index contributed by atoms with van der Waals surface area (Å²) in [5.41, 5.74) is 0.439. The van der Waals surface area contributed by atoms with Crippen LogP contribution in [0.2, 0.25) is 0 Å². The van der Waals surface area contributed by atoms with Crippen LogP contribution < -0.4 is 9.46 Å². The molecule has 0 aliphatic carbocycles. The summed E-state index contributed by atoms with van der Waals surface area (Å²) in [5, 5.41) is 9.28. The molecular formula is C13H21NO5S. The number of sulfonamides is 1. The van der Waals surface area contributed by atoms with E-state index in [1.807, 2.05) is 6.92 Å². The van der Waals surface area contributed by atoms with Gasteiger partial charge in [-0.15, -0.1) is 0 Å². The monoisotopic (exact) mass is 303 g/mol. The van der Waals surface area contributed by atoms with E-state index in [1.165, 1.54) is 19.2 Å². The number of aliphatic hydroxyl groups excluding tert-OH is 1. The first-order chi connectivity index (χ1) is 9.44. The van der Waals surface area contributed by atoms with Gasteiger partial charge in [0, 0.05) is 19.2 Å². The highest BCUT2D eigenvalue weighted by Crippen LogP contribution is 2.22. The van der Waals surface area contributed by atoms with Gasteiger partial charge in [-0.05, 0) is 32.0 Å². The summed E-state index contributed by atoms with van der Waals surface area (Å²) in [6.45, 7) is 3.93. The Morgan fingerprint density at radius 3 is 2.65 bits per heavy atom. The zero-order valence-electron chi connectivity index (χ0n) is 11.9. The molecular weight excluding hydrogens is 282 g/mol. The van der Waals surface area contributed by atoms with Crippen LogP contribution in [0.3, 0.4) is 0 Å². The van der Waals surface area contributed by atoms with Crippen molar-refractivity contribution in [2.24, 2.45) is 0 Å². The Labute approximate surface area is 119 Å². The van der Waals surface area contributed by atoms with Gasteiger partial charge in [0.25, 0.3) is 0 Å². The van der Waals surface area contributed by atoms with E-state index < -0.39 is 10.0 Å². The Balaban J connectivity index is 2.95. The molecule has 0 fully saturated rings. The molecule has 1 unspecified atom stereocenters. The molecule has 114 valence electrons. The molecule has 0 aliphatic rings. The van der Waals surface area contributed by atoms with Crippen molar-refractivity contribution in [3.8, 4) is 5.75 Å². The number of hydrogen-bond acceptors (Lipinski definition) is 5. The number of aliphatic hydroxyl groups is 1. The zero-order valence-corrected chi connectivity index (χ0v) is 12.7. The molecule has 0 heterocycles. The second-order valence-corrected chi connectivity index (χ2v) is 6.03. The van der Waals surface area contributed by atoms with Crippen LogP contribution >= 0.6 is 0 Å². The molecule has 0 amide bonds. The van der Waals surface area contributed by atoms with E-state index in [0.29, 0.717) is 17.9 Å². The third-order valence-electron chi connectivity index (χ3n) is 2.78. The van der Waals surface area contributed by atoms with E-state index in [4.69, 9.17) is 9.47 Å². The average molecular weight is 303 g/mol. The Kier molecular flexibility index (Phi) is 6.41. The van der Waals surface area contributed by atoms with E-state index in [0.717, 1.165) is 0 Å². The van der Waals surface area contributed by atoms with Crippen LogP contribution in [-0.2, 0) is 21.4 Å². The first kappa shape index (κ1) is 16.9. The Morgan fingerprint density at radius 2 is 2.10 bits per heavy atom. The molecule has 2 N–H and O–H groups in total. The smallest absolute Gasteiger partial charge is 0.240 e. The first-order valence-corrected chi connectivity index (χ1v) is 7.82. The molecule has 6 nitrogen and oxygen atoms in total. The fourth-order valence-electron chi connectivity index (χ4n) is 1.54. The summed E-state index contributed by atoms with van der Waals surface area (Å²) in [6, 6.07) is 4.40. The molecule has 0 aliphatic heterocycles. The predicted molar refractivity (Wildman–Crippen MR) is 75.2 cm³/mol. The highest BCUT2D eigenvalue weighted by Gasteiger charge is 2.17. The minimum atomic E-state index is -3.63. The Morgan fingerprint density at radius 1 is 1.40 bits per heavy atom. The second-order valence-electron chi connectivity index (χ2n) is 4.26. The number of nitrogens with one attached hydrogen (secondary N) is 1. The number of hydrogen-bond donors (Lipinski definition) is 2. The third-order valence-corrected chi connectivity index (χ3v) is 4.20. The quantitative estimate of drug-likeness (QED) is 0.745. The summed E-state index contributed by atoms with van der Waals surface area (Å²) < 4.78 is 37.0. The normalized spacial score (nSPS) is 13.2. The van der Waals surface area contributed by atoms with E-state index in [-0.39, 0.29) is 24.2 Å². The number of ether oxygens (including phenoxy) is 2. The van der Waals surface area contributed by atoms with Gasteiger partial charge in [-0.3, -0.25) is 0 Å². The maximum atomic E-state index is 12.1. The van der Waals surface area contributed by atoms with Gasteiger partial charge in [-0.1, -0.05) is 0 Å². The summed E-state index contributed by atoms with van der Waals surface area (Å²) in [6.07, 6.45) is -0.218. The molecule has 1 atom stereocenters. The van der Waals surface area contributed by atoms with E-state index in [9.17, 15) is 13.5 Å². The lowest BCUT2D eigenvalue weighted by Crippen LogP contribution is -2.31. The fourth-order valence-corrected chi connectivity index (χ4v) is 2.70. The average Bonchev–Trinajstić information content (AvgIpc) is 2.45. The molecule has 0 spiro atoms. The van der Waals surface area contributed by atoms with Gasteiger partial charge in [0.1, 0.15) is 5.75 Å². The molecule has 1 rings (SSSR count). The summed E-state index contributed by atoms with van der Waals surface area (Å²) in [4.78, 5) is 0.0910. The third kappa shape index (κ3) is 4.45. The predicted octanol–water partition coefficient (Wildman–Crippen LogP) is 0.891. The maximum absolute atomic E-state index is 12.1. The SMILES string of the molecule is CCOc1ccc(S(=O)(=O)NCC(C)OC)cc1CO. The van der Waals surface area contributed by atoms with Crippen LogP contribution in [0.5, 0.6) is 5.75 Å². The highest BCUT2D eigenvalue weighted by molar-refractivity contribution is 7.89. The van der Waals surface area contributed by atoms with Crippen LogP contribution in [0, 0.1) is 0 Å². The largest absolute Gasteiger partial charge is 0.494 e. The first-order valence-electron chi connectivity index (χ1n) is 6.33. The molecule has 1 aromatic rings. The molecule has 0 aromatic heterocycles. The molecule has 20 heavy (non-hydrogen) atoms. The number of benzene rings is 1. The maximum Gasteiger partial charge on any atom is 0.240 e. The van der Waals surface area contributed by atoms with Crippen molar-refractivity contribution >= 4 is 10.0 Å². The van der Waals surface area contributed by atoms with Crippen LogP contribution in [0.25, 0.3) is 0 Å². The Bertz CT molecular complexity index is 530. The van der Waals surface area contributed by atoms with Crippen molar-refractivity contribution in [1.29, 1.82) is 0 Å². The molecule has 0 saturated heterocycles. The van der Waals surface area contributed by atoms with Crippen molar-refractivity contribution in [3.05, 3.63) is 23.8 Å². The fraction of sp³-hybridized carbons (Fsp3) is 0.538. The Hall–Kier alpha value is -1.15. The van der Waals surface area contributed by atoms with Gasteiger partial charge in [-0.2, -0.15) is 0 Å². The molecule has 0 radical (unpaired) electrons. The lowest BCUT2D eigenvalue weighted by Gasteiger charge is -2.13. The van der Waals surface area contributed by atoms with Crippen molar-refractivity contribution < 1.29 is 23.0 Å². The van der Waals surface area contributed by atoms with Crippen molar-refractivity contribution in [1.82, 2.24) is 4.72 Å². The van der Waals surface area contributed by atoms with Crippen LogP contribution in [-0.4, -0.2) is 39.9 Å². The van der Waals surface area contributed by atoms with Gasteiger partial charge < -0.3 is 14.6 Å². The van der Waals surface area contributed by atoms with Crippen molar-refractivity contribution in [3.63, 3.8) is 0 Å². The summed E-state index contributed by atoms with van der Waals surface area (Å²) in [5.74, 6) is 0.485. The molecule has 7 heteroatoms. The van der Waals surface area contributed by atoms with Crippen molar-refractivity contribution in [2.45, 2.75) is 31.5 Å². The van der Waals surface area contributed by atoms with Gasteiger partial charge in [-0.25, -0.2) is 13.1 Å². The molecule has 1 aromatic carbocycles. The topological polar surface area (TPSA) is 84.9 Å². The summed E-state index contributed by atoms with van der Waals surface area (Å²) in [7, 11) is -2.11. The second kappa shape index (κ2) is 7.58. The van der Waals surface area contributed by atoms with Crippen LogP contribution in [0.1, 0.15) is 19.4 Å². The number of rotatable bonds is 8. The summed E-state index contributed by atoms with van der Waals surface area (Å²) >= 11 is 0. The minimum absolute atomic E-state index is 0.0910.